The summed E-state index contributed by atoms with van der Waals surface area (Å²) in [6.45, 7) is 7.92. The number of nitrogens with one attached hydrogen (secondary N) is 1. The van der Waals surface area contributed by atoms with Crippen LogP contribution >= 0.6 is 0 Å². The molecule has 1 fully saturated rings. The van der Waals surface area contributed by atoms with Crippen molar-refractivity contribution in [3.05, 3.63) is 0 Å². The highest BCUT2D eigenvalue weighted by molar-refractivity contribution is 4.82. The molecule has 1 aliphatic heterocycles. The monoisotopic (exact) mass is 172 g/mol. The number of likely N-dealkylation sites (N-methyl/N-ethyl adjacent to an activating group) is 1. The van der Waals surface area contributed by atoms with Crippen molar-refractivity contribution in [2.24, 2.45) is 0 Å². The van der Waals surface area contributed by atoms with E-state index in [-0.39, 0.29) is 0 Å². The summed E-state index contributed by atoms with van der Waals surface area (Å²) in [6, 6.07) is 1.14. The zero-order valence-electron chi connectivity index (χ0n) is 8.08. The SMILES string of the molecule is CCN1C[C@H](C)NC[C@H]1CCO. The maximum absolute atomic E-state index is 8.84. The fourth-order valence-electron chi connectivity index (χ4n) is 1.85. The zero-order chi connectivity index (χ0) is 8.97. The van der Waals surface area contributed by atoms with E-state index in [0.29, 0.717) is 18.7 Å². The highest BCUT2D eigenvalue weighted by Crippen LogP contribution is 2.09. The van der Waals surface area contributed by atoms with E-state index in [1.54, 1.807) is 0 Å². The van der Waals surface area contributed by atoms with Gasteiger partial charge in [-0.25, -0.2) is 0 Å². The van der Waals surface area contributed by atoms with E-state index in [4.69, 9.17) is 5.11 Å². The molecule has 1 rings (SSSR count). The Morgan fingerprint density at radius 3 is 2.92 bits per heavy atom. The van der Waals surface area contributed by atoms with Crippen molar-refractivity contribution in [2.75, 3.05) is 26.2 Å². The molecule has 2 atom stereocenters. The molecule has 0 spiro atoms. The Morgan fingerprint density at radius 2 is 2.33 bits per heavy atom. The Balaban J connectivity index is 2.39. The molecule has 0 unspecified atom stereocenters. The first kappa shape index (κ1) is 9.96. The van der Waals surface area contributed by atoms with Crippen LogP contribution in [0.15, 0.2) is 0 Å². The average Bonchev–Trinajstić information content (AvgIpc) is 2.08. The van der Waals surface area contributed by atoms with Gasteiger partial charge < -0.3 is 10.4 Å². The predicted octanol–water partition coefficient (Wildman–Crippen LogP) is 0.0510. The summed E-state index contributed by atoms with van der Waals surface area (Å²) in [5.74, 6) is 0. The topological polar surface area (TPSA) is 35.5 Å². The minimum Gasteiger partial charge on any atom is -0.396 e. The van der Waals surface area contributed by atoms with E-state index in [0.717, 1.165) is 26.1 Å². The largest absolute Gasteiger partial charge is 0.396 e. The summed E-state index contributed by atoms with van der Waals surface area (Å²) in [7, 11) is 0. The van der Waals surface area contributed by atoms with Gasteiger partial charge in [-0.05, 0) is 19.9 Å². The molecule has 2 N–H and O–H groups in total. The van der Waals surface area contributed by atoms with E-state index in [2.05, 4.69) is 24.1 Å². The number of piperazine rings is 1. The van der Waals surface area contributed by atoms with Crippen LogP contribution in [0.4, 0.5) is 0 Å². The van der Waals surface area contributed by atoms with Crippen molar-refractivity contribution in [3.63, 3.8) is 0 Å². The van der Waals surface area contributed by atoms with Crippen LogP contribution in [0.2, 0.25) is 0 Å². The lowest BCUT2D eigenvalue weighted by Gasteiger charge is -2.38. The van der Waals surface area contributed by atoms with Gasteiger partial charge in [-0.1, -0.05) is 6.92 Å². The van der Waals surface area contributed by atoms with E-state index in [9.17, 15) is 0 Å². The quantitative estimate of drug-likeness (QED) is 0.631. The summed E-state index contributed by atoms with van der Waals surface area (Å²) in [5, 5.41) is 12.3. The molecule has 0 radical (unpaired) electrons. The summed E-state index contributed by atoms with van der Waals surface area (Å²) in [6.07, 6.45) is 0.896. The molecule has 0 saturated carbocycles. The molecule has 0 aliphatic carbocycles. The minimum atomic E-state index is 0.303. The molecule has 1 heterocycles. The lowest BCUT2D eigenvalue weighted by Crippen LogP contribution is -2.55. The lowest BCUT2D eigenvalue weighted by molar-refractivity contribution is 0.116. The average molecular weight is 172 g/mol. The minimum absolute atomic E-state index is 0.303. The first-order valence-electron chi connectivity index (χ1n) is 4.86. The summed E-state index contributed by atoms with van der Waals surface area (Å²) >= 11 is 0. The lowest BCUT2D eigenvalue weighted by atomic mass is 10.1. The fraction of sp³-hybridized carbons (Fsp3) is 1.00. The molecule has 0 aromatic carbocycles. The molecule has 3 heteroatoms. The highest BCUT2D eigenvalue weighted by atomic mass is 16.3. The molecule has 72 valence electrons. The zero-order valence-corrected chi connectivity index (χ0v) is 8.08. The van der Waals surface area contributed by atoms with Crippen LogP contribution in [0.1, 0.15) is 20.3 Å². The Bertz CT molecular complexity index is 130. The molecular formula is C9H20N2O. The van der Waals surface area contributed by atoms with Crippen LogP contribution < -0.4 is 5.32 Å². The number of rotatable bonds is 3. The van der Waals surface area contributed by atoms with Crippen LogP contribution in [-0.4, -0.2) is 48.3 Å². The summed E-state index contributed by atoms with van der Waals surface area (Å²) in [4.78, 5) is 2.44. The molecule has 0 bridgehead atoms. The Kier molecular flexibility index (Phi) is 3.98. The van der Waals surface area contributed by atoms with Gasteiger partial charge in [-0.3, -0.25) is 4.90 Å². The van der Waals surface area contributed by atoms with E-state index < -0.39 is 0 Å². The van der Waals surface area contributed by atoms with Gasteiger partial charge in [-0.2, -0.15) is 0 Å². The van der Waals surface area contributed by atoms with Gasteiger partial charge in [0.1, 0.15) is 0 Å². The van der Waals surface area contributed by atoms with Gasteiger partial charge in [0.25, 0.3) is 0 Å². The van der Waals surface area contributed by atoms with Crippen LogP contribution in [-0.2, 0) is 0 Å². The second kappa shape index (κ2) is 4.80. The van der Waals surface area contributed by atoms with Crippen molar-refractivity contribution in [1.29, 1.82) is 0 Å². The Labute approximate surface area is 74.8 Å². The summed E-state index contributed by atoms with van der Waals surface area (Å²) in [5.41, 5.74) is 0. The van der Waals surface area contributed by atoms with Gasteiger partial charge in [-0.15, -0.1) is 0 Å². The van der Waals surface area contributed by atoms with Crippen molar-refractivity contribution < 1.29 is 5.11 Å². The van der Waals surface area contributed by atoms with Crippen LogP contribution in [0.5, 0.6) is 0 Å². The van der Waals surface area contributed by atoms with E-state index in [1.165, 1.54) is 0 Å². The Hall–Kier alpha value is -0.120. The van der Waals surface area contributed by atoms with Gasteiger partial charge in [0.2, 0.25) is 0 Å². The van der Waals surface area contributed by atoms with Crippen LogP contribution in [0.25, 0.3) is 0 Å². The molecule has 1 aliphatic rings. The molecular weight excluding hydrogens is 152 g/mol. The maximum atomic E-state index is 8.84. The standard InChI is InChI=1S/C9H20N2O/c1-3-11-7-8(2)10-6-9(11)4-5-12/h8-10,12H,3-7H2,1-2H3/t8-,9+/m0/s1. The predicted molar refractivity (Wildman–Crippen MR) is 50.2 cm³/mol. The van der Waals surface area contributed by atoms with Crippen molar-refractivity contribution in [1.82, 2.24) is 10.2 Å². The third-order valence-corrected chi connectivity index (χ3v) is 2.60. The second-order valence-corrected chi connectivity index (χ2v) is 3.56. The molecule has 1 saturated heterocycles. The number of aliphatic hydroxyl groups excluding tert-OH is 1. The fourth-order valence-corrected chi connectivity index (χ4v) is 1.85. The van der Waals surface area contributed by atoms with Crippen LogP contribution in [0, 0.1) is 0 Å². The molecule has 3 nitrogen and oxygen atoms in total. The number of hydrogen-bond donors (Lipinski definition) is 2. The molecule has 12 heavy (non-hydrogen) atoms. The second-order valence-electron chi connectivity index (χ2n) is 3.56. The third-order valence-electron chi connectivity index (χ3n) is 2.60. The first-order valence-corrected chi connectivity index (χ1v) is 4.86. The van der Waals surface area contributed by atoms with E-state index >= 15 is 0 Å². The molecule has 0 aromatic heterocycles. The van der Waals surface area contributed by atoms with Gasteiger partial charge in [0.05, 0.1) is 0 Å². The first-order chi connectivity index (χ1) is 5.77. The smallest absolute Gasteiger partial charge is 0.0446 e. The van der Waals surface area contributed by atoms with Crippen molar-refractivity contribution in [3.8, 4) is 0 Å². The van der Waals surface area contributed by atoms with Crippen molar-refractivity contribution >= 4 is 0 Å². The molecule has 0 aromatic rings. The highest BCUT2D eigenvalue weighted by Gasteiger charge is 2.23. The van der Waals surface area contributed by atoms with Gasteiger partial charge >= 0.3 is 0 Å². The van der Waals surface area contributed by atoms with Gasteiger partial charge in [0.15, 0.2) is 0 Å². The number of hydrogen-bond acceptors (Lipinski definition) is 3. The van der Waals surface area contributed by atoms with Gasteiger partial charge in [0, 0.05) is 31.8 Å². The maximum Gasteiger partial charge on any atom is 0.0446 e. The normalized spacial score (nSPS) is 32.2. The third kappa shape index (κ3) is 2.44. The summed E-state index contributed by atoms with van der Waals surface area (Å²) < 4.78 is 0. The molecule has 0 amide bonds. The Morgan fingerprint density at radius 1 is 1.58 bits per heavy atom. The van der Waals surface area contributed by atoms with Crippen molar-refractivity contribution in [2.45, 2.75) is 32.4 Å². The van der Waals surface area contributed by atoms with Crippen LogP contribution in [0.3, 0.4) is 0 Å². The number of aliphatic hydroxyl groups is 1. The van der Waals surface area contributed by atoms with E-state index in [1.807, 2.05) is 0 Å². The number of nitrogens with zero attached hydrogens (tertiary/aromatic N) is 1.